The number of hydrogen-bond donors (Lipinski definition) is 0. The van der Waals surface area contributed by atoms with E-state index >= 15 is 0 Å². The third-order valence-electron chi connectivity index (χ3n) is 2.11. The second kappa shape index (κ2) is 4.53. The summed E-state index contributed by atoms with van der Waals surface area (Å²) in [6.45, 7) is 0. The molecule has 0 amide bonds. The molecule has 0 radical (unpaired) electrons. The van der Waals surface area contributed by atoms with Gasteiger partial charge in [0.1, 0.15) is 5.75 Å². The zero-order valence-corrected chi connectivity index (χ0v) is 8.79. The van der Waals surface area contributed by atoms with Crippen molar-refractivity contribution in [1.82, 2.24) is 0 Å². The largest absolute Gasteiger partial charge is 0.618 e. The summed E-state index contributed by atoms with van der Waals surface area (Å²) in [6, 6.07) is 10.3. The number of methoxy groups -OCH3 is 1. The molecule has 1 aromatic carbocycles. The first-order chi connectivity index (χ1) is 7.79. The molecule has 0 atom stereocenters. The van der Waals surface area contributed by atoms with E-state index in [1.807, 2.05) is 0 Å². The lowest BCUT2D eigenvalue weighted by Crippen LogP contribution is -1.97. The minimum absolute atomic E-state index is 0.519. The van der Waals surface area contributed by atoms with Crippen LogP contribution in [0.5, 0.6) is 5.75 Å². The quantitative estimate of drug-likeness (QED) is 0.343. The van der Waals surface area contributed by atoms with Crippen molar-refractivity contribution in [3.8, 4) is 5.75 Å². The first-order valence-electron chi connectivity index (χ1n) is 4.78. The fraction of sp³-hybridized carbons (Fsp3) is 0.0833. The lowest BCUT2D eigenvalue weighted by atomic mass is 10.3. The number of benzene rings is 1. The molecule has 0 aliphatic carbocycles. The smallest absolute Gasteiger partial charge is 0.223 e. The number of ether oxygens (including phenoxy) is 1. The van der Waals surface area contributed by atoms with Crippen LogP contribution in [0.1, 0.15) is 5.76 Å². The van der Waals surface area contributed by atoms with Gasteiger partial charge in [0.05, 0.1) is 13.4 Å². The maximum Gasteiger partial charge on any atom is 0.223 e. The van der Waals surface area contributed by atoms with Crippen molar-refractivity contribution in [2.24, 2.45) is 0 Å². The molecule has 0 aliphatic rings. The molecule has 1 aromatic heterocycles. The summed E-state index contributed by atoms with van der Waals surface area (Å²) >= 11 is 0. The SMILES string of the molecule is COc1ccc(/[N+]([O-])=C/c2ccco2)cc1. The van der Waals surface area contributed by atoms with Gasteiger partial charge in [0, 0.05) is 12.1 Å². The van der Waals surface area contributed by atoms with Crippen LogP contribution in [-0.4, -0.2) is 18.1 Å². The predicted octanol–water partition coefficient (Wildman–Crippen LogP) is 2.55. The van der Waals surface area contributed by atoms with Crippen molar-refractivity contribution in [3.63, 3.8) is 0 Å². The Labute approximate surface area is 93.0 Å². The lowest BCUT2D eigenvalue weighted by Gasteiger charge is -2.03. The Kier molecular flexibility index (Phi) is 2.91. The second-order valence-electron chi connectivity index (χ2n) is 3.17. The van der Waals surface area contributed by atoms with Crippen LogP contribution in [0.15, 0.2) is 47.1 Å². The summed E-state index contributed by atoms with van der Waals surface area (Å²) in [7, 11) is 1.58. The highest BCUT2D eigenvalue weighted by atomic mass is 16.5. The first-order valence-corrected chi connectivity index (χ1v) is 4.78. The van der Waals surface area contributed by atoms with E-state index in [1.54, 1.807) is 43.5 Å². The highest BCUT2D eigenvalue weighted by Crippen LogP contribution is 2.17. The highest BCUT2D eigenvalue weighted by molar-refractivity contribution is 5.72. The van der Waals surface area contributed by atoms with Gasteiger partial charge in [0.2, 0.25) is 11.9 Å². The molecule has 82 valence electrons. The molecule has 0 aliphatic heterocycles. The van der Waals surface area contributed by atoms with Gasteiger partial charge in [-0.2, -0.15) is 4.74 Å². The van der Waals surface area contributed by atoms with Gasteiger partial charge in [0.15, 0.2) is 5.76 Å². The van der Waals surface area contributed by atoms with Crippen LogP contribution in [0.25, 0.3) is 0 Å². The van der Waals surface area contributed by atoms with Crippen molar-refractivity contribution >= 4 is 11.9 Å². The zero-order valence-electron chi connectivity index (χ0n) is 8.79. The van der Waals surface area contributed by atoms with Crippen LogP contribution in [0, 0.1) is 5.21 Å². The minimum atomic E-state index is 0.519. The Balaban J connectivity index is 2.23. The van der Waals surface area contributed by atoms with E-state index < -0.39 is 0 Å². The summed E-state index contributed by atoms with van der Waals surface area (Å²) in [6.07, 6.45) is 2.90. The molecular weight excluding hydrogens is 206 g/mol. The van der Waals surface area contributed by atoms with E-state index in [4.69, 9.17) is 9.15 Å². The predicted molar refractivity (Wildman–Crippen MR) is 60.2 cm³/mol. The Morgan fingerprint density at radius 3 is 2.56 bits per heavy atom. The first kappa shape index (κ1) is 10.3. The molecule has 0 unspecified atom stereocenters. The van der Waals surface area contributed by atoms with Crippen LogP contribution in [0.4, 0.5) is 5.69 Å². The zero-order chi connectivity index (χ0) is 11.4. The number of hydrogen-bond acceptors (Lipinski definition) is 3. The van der Waals surface area contributed by atoms with Gasteiger partial charge in [-0.25, -0.2) is 0 Å². The fourth-order valence-corrected chi connectivity index (χ4v) is 1.28. The van der Waals surface area contributed by atoms with Crippen LogP contribution >= 0.6 is 0 Å². The van der Waals surface area contributed by atoms with Gasteiger partial charge in [0.25, 0.3) is 0 Å². The molecule has 0 bridgehead atoms. The number of nitrogens with zero attached hydrogens (tertiary/aromatic N) is 1. The molecule has 0 saturated carbocycles. The van der Waals surface area contributed by atoms with E-state index in [0.29, 0.717) is 11.4 Å². The maximum atomic E-state index is 11.7. The van der Waals surface area contributed by atoms with Crippen LogP contribution in [0.2, 0.25) is 0 Å². The highest BCUT2D eigenvalue weighted by Gasteiger charge is 2.03. The third-order valence-corrected chi connectivity index (χ3v) is 2.11. The summed E-state index contributed by atoms with van der Waals surface area (Å²) < 4.78 is 10.8. The summed E-state index contributed by atoms with van der Waals surface area (Å²) in [4.78, 5) is 0. The van der Waals surface area contributed by atoms with Crippen LogP contribution < -0.4 is 4.74 Å². The lowest BCUT2D eigenvalue weighted by molar-refractivity contribution is -0.354. The number of furan rings is 1. The molecule has 0 N–H and O–H groups in total. The molecule has 0 spiro atoms. The van der Waals surface area contributed by atoms with Gasteiger partial charge in [-0.1, -0.05) is 0 Å². The van der Waals surface area contributed by atoms with Gasteiger partial charge in [-0.05, 0) is 24.3 Å². The molecule has 1 heterocycles. The molecule has 16 heavy (non-hydrogen) atoms. The molecular formula is C12H11NO3. The van der Waals surface area contributed by atoms with Crippen molar-refractivity contribution in [2.75, 3.05) is 7.11 Å². The summed E-state index contributed by atoms with van der Waals surface area (Å²) in [5, 5.41) is 11.7. The Bertz CT molecular complexity index is 471. The molecule has 4 nitrogen and oxygen atoms in total. The standard InChI is InChI=1S/C12H11NO3/c1-15-11-6-4-10(5-7-11)13(14)9-12-3-2-8-16-12/h2-9H,1H3/b13-9-. The van der Waals surface area contributed by atoms with E-state index in [0.717, 1.165) is 10.5 Å². The second-order valence-corrected chi connectivity index (χ2v) is 3.17. The van der Waals surface area contributed by atoms with Crippen molar-refractivity contribution in [3.05, 3.63) is 53.6 Å². The van der Waals surface area contributed by atoms with E-state index in [1.165, 1.54) is 12.5 Å². The molecule has 0 saturated heterocycles. The number of rotatable bonds is 3. The fourth-order valence-electron chi connectivity index (χ4n) is 1.28. The van der Waals surface area contributed by atoms with Crippen LogP contribution in [-0.2, 0) is 0 Å². The average molecular weight is 217 g/mol. The normalized spacial score (nSPS) is 11.4. The molecule has 0 fully saturated rings. The van der Waals surface area contributed by atoms with Crippen molar-refractivity contribution < 1.29 is 13.9 Å². The van der Waals surface area contributed by atoms with Gasteiger partial charge >= 0.3 is 0 Å². The topological polar surface area (TPSA) is 48.4 Å². The Morgan fingerprint density at radius 1 is 1.25 bits per heavy atom. The Morgan fingerprint density at radius 2 is 2.00 bits per heavy atom. The van der Waals surface area contributed by atoms with Crippen LogP contribution in [0.3, 0.4) is 0 Å². The molecule has 2 aromatic rings. The summed E-state index contributed by atoms with van der Waals surface area (Å²) in [5.41, 5.74) is 0.525. The van der Waals surface area contributed by atoms with E-state index in [9.17, 15) is 5.21 Å². The maximum absolute atomic E-state index is 11.7. The van der Waals surface area contributed by atoms with Gasteiger partial charge in [-0.15, -0.1) is 0 Å². The molecule has 2 rings (SSSR count). The Hall–Kier alpha value is -2.23. The van der Waals surface area contributed by atoms with E-state index in [2.05, 4.69) is 0 Å². The third kappa shape index (κ3) is 2.23. The molecule has 4 heteroatoms. The van der Waals surface area contributed by atoms with Gasteiger partial charge in [-0.3, -0.25) is 0 Å². The monoisotopic (exact) mass is 217 g/mol. The van der Waals surface area contributed by atoms with Crippen molar-refractivity contribution in [1.29, 1.82) is 0 Å². The van der Waals surface area contributed by atoms with E-state index in [-0.39, 0.29) is 0 Å². The summed E-state index contributed by atoms with van der Waals surface area (Å²) in [5.74, 6) is 1.24. The minimum Gasteiger partial charge on any atom is -0.618 e. The van der Waals surface area contributed by atoms with Crippen molar-refractivity contribution in [2.45, 2.75) is 0 Å². The van der Waals surface area contributed by atoms with Gasteiger partial charge < -0.3 is 14.4 Å². The average Bonchev–Trinajstić information content (AvgIpc) is 2.82.